The Kier molecular flexibility index (Phi) is 3.14. The van der Waals surface area contributed by atoms with E-state index in [1.165, 1.54) is 11.3 Å². The molecule has 0 bridgehead atoms. The number of hydrogen-bond donors (Lipinski definition) is 2. The van der Waals surface area contributed by atoms with E-state index < -0.39 is 6.10 Å². The molecule has 0 radical (unpaired) electrons. The number of aromatic nitrogens is 1. The van der Waals surface area contributed by atoms with E-state index >= 15 is 0 Å². The summed E-state index contributed by atoms with van der Waals surface area (Å²) in [6.07, 6.45) is -0.760. The maximum atomic E-state index is 10.5. The molecule has 96 valence electrons. The largest absolute Gasteiger partial charge is 0.384 e. The molecule has 0 aliphatic rings. The summed E-state index contributed by atoms with van der Waals surface area (Å²) >= 11 is 7.46. The third-order valence-corrected chi connectivity index (χ3v) is 3.97. The van der Waals surface area contributed by atoms with Gasteiger partial charge in [0.05, 0.1) is 10.2 Å². The van der Waals surface area contributed by atoms with E-state index in [0.29, 0.717) is 21.2 Å². The number of halogens is 1. The van der Waals surface area contributed by atoms with Crippen LogP contribution in [0, 0.1) is 0 Å². The Morgan fingerprint density at radius 1 is 1.21 bits per heavy atom. The van der Waals surface area contributed by atoms with Gasteiger partial charge in [-0.25, -0.2) is 4.98 Å². The molecule has 0 aliphatic carbocycles. The Balaban J connectivity index is 2.19. The van der Waals surface area contributed by atoms with Crippen LogP contribution in [0.2, 0.25) is 5.02 Å². The number of anilines is 1. The van der Waals surface area contributed by atoms with Gasteiger partial charge in [-0.2, -0.15) is 0 Å². The van der Waals surface area contributed by atoms with Gasteiger partial charge in [-0.1, -0.05) is 53.3 Å². The molecular formula is C14H11ClN2OS. The highest BCUT2D eigenvalue weighted by Gasteiger charge is 2.17. The van der Waals surface area contributed by atoms with Gasteiger partial charge in [0, 0.05) is 10.6 Å². The van der Waals surface area contributed by atoms with Crippen LogP contribution >= 0.6 is 22.9 Å². The van der Waals surface area contributed by atoms with Gasteiger partial charge >= 0.3 is 0 Å². The first-order valence-electron chi connectivity index (χ1n) is 5.73. The molecule has 3 aromatic rings. The maximum Gasteiger partial charge on any atom is 0.181 e. The highest BCUT2D eigenvalue weighted by molar-refractivity contribution is 7.22. The number of rotatable bonds is 2. The Bertz CT molecular complexity index is 727. The fourth-order valence-electron chi connectivity index (χ4n) is 2.06. The Labute approximate surface area is 119 Å². The number of fused-ring (bicyclic) bond motifs is 1. The molecule has 0 amide bonds. The molecule has 0 spiro atoms. The molecule has 5 heteroatoms. The molecule has 3 nitrogen and oxygen atoms in total. The van der Waals surface area contributed by atoms with Gasteiger partial charge in [0.15, 0.2) is 5.13 Å². The summed E-state index contributed by atoms with van der Waals surface area (Å²) < 4.78 is 0.884. The lowest BCUT2D eigenvalue weighted by atomic mass is 10.0. The zero-order chi connectivity index (χ0) is 13.4. The third-order valence-electron chi connectivity index (χ3n) is 2.92. The van der Waals surface area contributed by atoms with Gasteiger partial charge < -0.3 is 10.8 Å². The van der Waals surface area contributed by atoms with Crippen LogP contribution < -0.4 is 5.73 Å². The van der Waals surface area contributed by atoms with Crippen molar-refractivity contribution in [3.63, 3.8) is 0 Å². The van der Waals surface area contributed by atoms with Gasteiger partial charge in [0.1, 0.15) is 6.10 Å². The molecule has 2 aromatic carbocycles. The molecular weight excluding hydrogens is 280 g/mol. The Morgan fingerprint density at radius 3 is 2.68 bits per heavy atom. The van der Waals surface area contributed by atoms with Crippen molar-refractivity contribution < 1.29 is 5.11 Å². The molecule has 1 atom stereocenters. The van der Waals surface area contributed by atoms with Gasteiger partial charge in [0.2, 0.25) is 0 Å². The molecule has 0 saturated carbocycles. The summed E-state index contributed by atoms with van der Waals surface area (Å²) in [4.78, 5) is 4.28. The number of thiazole rings is 1. The van der Waals surface area contributed by atoms with Crippen LogP contribution in [0.3, 0.4) is 0 Å². The summed E-state index contributed by atoms with van der Waals surface area (Å²) in [5.41, 5.74) is 7.93. The summed E-state index contributed by atoms with van der Waals surface area (Å²) in [6.45, 7) is 0. The fraction of sp³-hybridized carbons (Fsp3) is 0.0714. The second-order valence-electron chi connectivity index (χ2n) is 4.21. The number of nitrogens with two attached hydrogens (primary N) is 1. The minimum Gasteiger partial charge on any atom is -0.384 e. The van der Waals surface area contributed by atoms with Crippen molar-refractivity contribution in [1.29, 1.82) is 0 Å². The quantitative estimate of drug-likeness (QED) is 0.758. The normalized spacial score (nSPS) is 12.7. The SMILES string of the molecule is Nc1nc2c([C@H](O)c3ccccc3)cc(Cl)cc2s1. The van der Waals surface area contributed by atoms with Gasteiger partial charge in [-0.15, -0.1) is 0 Å². The molecule has 19 heavy (non-hydrogen) atoms. The second-order valence-corrected chi connectivity index (χ2v) is 5.71. The van der Waals surface area contributed by atoms with Crippen LogP contribution in [0.15, 0.2) is 42.5 Å². The molecule has 1 heterocycles. The number of benzene rings is 2. The van der Waals surface area contributed by atoms with E-state index in [9.17, 15) is 5.11 Å². The summed E-state index contributed by atoms with van der Waals surface area (Å²) in [5.74, 6) is 0. The maximum absolute atomic E-state index is 10.5. The monoisotopic (exact) mass is 290 g/mol. The van der Waals surface area contributed by atoms with Gasteiger partial charge in [-0.05, 0) is 17.7 Å². The van der Waals surface area contributed by atoms with E-state index in [2.05, 4.69) is 4.98 Å². The van der Waals surface area contributed by atoms with E-state index in [4.69, 9.17) is 17.3 Å². The van der Waals surface area contributed by atoms with Crippen molar-refractivity contribution in [3.8, 4) is 0 Å². The van der Waals surface area contributed by atoms with Crippen LogP contribution in [-0.2, 0) is 0 Å². The van der Waals surface area contributed by atoms with Crippen LogP contribution in [0.25, 0.3) is 10.2 Å². The molecule has 0 fully saturated rings. The second kappa shape index (κ2) is 4.81. The minimum atomic E-state index is -0.760. The van der Waals surface area contributed by atoms with Crippen molar-refractivity contribution in [1.82, 2.24) is 4.98 Å². The zero-order valence-corrected chi connectivity index (χ0v) is 11.4. The standard InChI is InChI=1S/C14H11ClN2OS/c15-9-6-10(12-11(7-9)19-14(16)17-12)13(18)8-4-2-1-3-5-8/h1-7,13,18H,(H2,16,17)/t13-/m1/s1. The van der Waals surface area contributed by atoms with Crippen molar-refractivity contribution in [3.05, 3.63) is 58.6 Å². The van der Waals surface area contributed by atoms with E-state index in [0.717, 1.165) is 10.3 Å². The number of aliphatic hydroxyl groups is 1. The molecule has 0 saturated heterocycles. The van der Waals surface area contributed by atoms with Crippen LogP contribution in [-0.4, -0.2) is 10.1 Å². The molecule has 3 N–H and O–H groups in total. The van der Waals surface area contributed by atoms with Crippen molar-refractivity contribution in [2.24, 2.45) is 0 Å². The first-order chi connectivity index (χ1) is 9.15. The highest BCUT2D eigenvalue weighted by Crippen LogP contribution is 2.35. The first kappa shape index (κ1) is 12.4. The van der Waals surface area contributed by atoms with Gasteiger partial charge in [0.25, 0.3) is 0 Å². The lowest BCUT2D eigenvalue weighted by Gasteiger charge is -2.12. The first-order valence-corrected chi connectivity index (χ1v) is 6.93. The minimum absolute atomic E-state index is 0.471. The van der Waals surface area contributed by atoms with E-state index in [-0.39, 0.29) is 0 Å². The van der Waals surface area contributed by atoms with Crippen LogP contribution in [0.4, 0.5) is 5.13 Å². The summed E-state index contributed by atoms with van der Waals surface area (Å²) in [5, 5.41) is 11.5. The lowest BCUT2D eigenvalue weighted by Crippen LogP contribution is -2.00. The predicted octanol–water partition coefficient (Wildman–Crippen LogP) is 3.61. The Morgan fingerprint density at radius 2 is 1.95 bits per heavy atom. The number of aliphatic hydroxyl groups excluding tert-OH is 1. The summed E-state index contributed by atoms with van der Waals surface area (Å²) in [6, 6.07) is 13.0. The molecule has 0 aliphatic heterocycles. The average molecular weight is 291 g/mol. The third kappa shape index (κ3) is 2.30. The van der Waals surface area contributed by atoms with Crippen molar-refractivity contribution >= 4 is 38.3 Å². The lowest BCUT2D eigenvalue weighted by molar-refractivity contribution is 0.221. The average Bonchev–Trinajstić information content (AvgIpc) is 2.78. The number of nitrogen functional groups attached to an aromatic ring is 1. The molecule has 3 rings (SSSR count). The highest BCUT2D eigenvalue weighted by atomic mass is 35.5. The van der Waals surface area contributed by atoms with E-state index in [1.54, 1.807) is 6.07 Å². The topological polar surface area (TPSA) is 59.1 Å². The number of hydrogen-bond acceptors (Lipinski definition) is 4. The predicted molar refractivity (Wildman–Crippen MR) is 79.5 cm³/mol. The molecule has 0 unspecified atom stereocenters. The number of nitrogens with zero attached hydrogens (tertiary/aromatic N) is 1. The molecule has 1 aromatic heterocycles. The summed E-state index contributed by atoms with van der Waals surface area (Å²) in [7, 11) is 0. The van der Waals surface area contributed by atoms with Crippen LogP contribution in [0.5, 0.6) is 0 Å². The van der Waals surface area contributed by atoms with E-state index in [1.807, 2.05) is 36.4 Å². The van der Waals surface area contributed by atoms with Crippen molar-refractivity contribution in [2.45, 2.75) is 6.10 Å². The van der Waals surface area contributed by atoms with Gasteiger partial charge in [-0.3, -0.25) is 0 Å². The fourth-order valence-corrected chi connectivity index (χ4v) is 3.16. The smallest absolute Gasteiger partial charge is 0.181 e. The van der Waals surface area contributed by atoms with Crippen LogP contribution in [0.1, 0.15) is 17.2 Å². The van der Waals surface area contributed by atoms with Crippen molar-refractivity contribution in [2.75, 3.05) is 5.73 Å². The zero-order valence-electron chi connectivity index (χ0n) is 9.88. The Hall–Kier alpha value is -1.62.